The number of aryl methyl sites for hydroxylation is 1. The molecule has 1 unspecified atom stereocenters. The Morgan fingerprint density at radius 2 is 1.88 bits per heavy atom. The van der Waals surface area contributed by atoms with Crippen LogP contribution >= 0.6 is 11.3 Å². The zero-order valence-corrected chi connectivity index (χ0v) is 21.2. The second-order valence-corrected chi connectivity index (χ2v) is 9.37. The summed E-state index contributed by atoms with van der Waals surface area (Å²) in [6.45, 7) is 12.4. The molecule has 7 nitrogen and oxygen atoms in total. The van der Waals surface area contributed by atoms with Gasteiger partial charge in [-0.1, -0.05) is 45.0 Å². The third kappa shape index (κ3) is 10.9. The first-order chi connectivity index (χ1) is 15.2. The fourth-order valence-electron chi connectivity index (χ4n) is 3.09. The molecular weight excluding hydrogens is 424 g/mol. The molecule has 0 aliphatic carbocycles. The highest BCUT2D eigenvalue weighted by molar-refractivity contribution is 7.13. The molecule has 0 radical (unpaired) electrons. The third-order valence-electron chi connectivity index (χ3n) is 4.54. The number of benzene rings is 1. The number of aliphatic hydroxyl groups is 1. The molecule has 3 rings (SSSR count). The maximum Gasteiger partial charge on any atom is 0.223 e. The number of hydrogen-bond acceptors (Lipinski definition) is 7. The van der Waals surface area contributed by atoms with Gasteiger partial charge in [0.05, 0.1) is 22.2 Å². The van der Waals surface area contributed by atoms with Gasteiger partial charge in [0.1, 0.15) is 6.79 Å². The molecule has 1 fully saturated rings. The Labute approximate surface area is 197 Å². The minimum Gasteiger partial charge on any atom is -0.391 e. The first-order valence-corrected chi connectivity index (χ1v) is 11.5. The molecule has 0 spiro atoms. The lowest BCUT2D eigenvalue weighted by Crippen LogP contribution is -2.32. The zero-order chi connectivity index (χ0) is 24.7. The smallest absolute Gasteiger partial charge is 0.223 e. The predicted molar refractivity (Wildman–Crippen MR) is 134 cm³/mol. The highest BCUT2D eigenvalue weighted by atomic mass is 32.1. The summed E-state index contributed by atoms with van der Waals surface area (Å²) in [4.78, 5) is 26.9. The number of amides is 1. The Morgan fingerprint density at radius 1 is 1.28 bits per heavy atom. The van der Waals surface area contributed by atoms with Crippen molar-refractivity contribution in [1.29, 1.82) is 0 Å². The number of nitrogens with two attached hydrogens (primary N) is 1. The van der Waals surface area contributed by atoms with E-state index in [1.54, 1.807) is 16.2 Å². The summed E-state index contributed by atoms with van der Waals surface area (Å²) in [6, 6.07) is 8.64. The van der Waals surface area contributed by atoms with Crippen LogP contribution in [0.5, 0.6) is 0 Å². The lowest BCUT2D eigenvalue weighted by molar-refractivity contribution is -0.132. The fourth-order valence-corrected chi connectivity index (χ4v) is 3.90. The van der Waals surface area contributed by atoms with Crippen LogP contribution in [0, 0.1) is 12.3 Å². The van der Waals surface area contributed by atoms with E-state index in [4.69, 9.17) is 4.79 Å². The van der Waals surface area contributed by atoms with Crippen molar-refractivity contribution >= 4 is 24.0 Å². The maximum absolute atomic E-state index is 11.6. The van der Waals surface area contributed by atoms with Crippen molar-refractivity contribution in [1.82, 2.24) is 15.2 Å². The molecule has 2 aromatic rings. The number of aliphatic hydroxyl groups excluding tert-OH is 1. The number of carbonyl (C=O) groups excluding carboxylic acids is 2. The first-order valence-electron chi connectivity index (χ1n) is 10.7. The molecule has 1 amide bonds. The molecular formula is C24H40N4O3S. The Morgan fingerprint density at radius 3 is 2.28 bits per heavy atom. The number of nitrogens with one attached hydrogen (secondary N) is 1. The summed E-state index contributed by atoms with van der Waals surface area (Å²) in [7, 11) is 3.46. The van der Waals surface area contributed by atoms with Crippen molar-refractivity contribution in [2.45, 2.75) is 53.2 Å². The monoisotopic (exact) mass is 464 g/mol. The molecule has 180 valence electrons. The van der Waals surface area contributed by atoms with E-state index in [9.17, 15) is 9.90 Å². The Kier molecular flexibility index (Phi) is 14.6. The summed E-state index contributed by atoms with van der Waals surface area (Å²) in [5.41, 5.74) is 10.1. The van der Waals surface area contributed by atoms with E-state index in [-0.39, 0.29) is 17.4 Å². The lowest BCUT2D eigenvalue weighted by atomic mass is 9.92. The van der Waals surface area contributed by atoms with Crippen LogP contribution in [0.3, 0.4) is 0 Å². The number of thiazole rings is 1. The van der Waals surface area contributed by atoms with Gasteiger partial charge in [0.15, 0.2) is 0 Å². The summed E-state index contributed by atoms with van der Waals surface area (Å²) >= 11 is 1.70. The molecule has 0 saturated carbocycles. The molecule has 1 aliphatic rings. The summed E-state index contributed by atoms with van der Waals surface area (Å²) in [6.07, 6.45) is 0.999. The van der Waals surface area contributed by atoms with Crippen molar-refractivity contribution in [2.24, 2.45) is 11.1 Å². The maximum atomic E-state index is 11.6. The van der Waals surface area contributed by atoms with Crippen LogP contribution in [0.1, 0.15) is 44.9 Å². The van der Waals surface area contributed by atoms with Crippen LogP contribution in [0.25, 0.3) is 10.4 Å². The quantitative estimate of drug-likeness (QED) is 0.641. The van der Waals surface area contributed by atoms with Crippen LogP contribution < -0.4 is 11.1 Å². The van der Waals surface area contributed by atoms with Gasteiger partial charge in [-0.05, 0) is 44.0 Å². The Bertz CT molecular complexity index is 772. The van der Waals surface area contributed by atoms with Crippen molar-refractivity contribution < 1.29 is 14.7 Å². The van der Waals surface area contributed by atoms with E-state index in [0.29, 0.717) is 13.0 Å². The molecule has 2 heterocycles. The number of nitrogens with zero attached hydrogens (tertiary/aromatic N) is 2. The fraction of sp³-hybridized carbons (Fsp3) is 0.542. The van der Waals surface area contributed by atoms with Gasteiger partial charge >= 0.3 is 0 Å². The lowest BCUT2D eigenvalue weighted by Gasteiger charge is -2.22. The van der Waals surface area contributed by atoms with E-state index >= 15 is 0 Å². The Balaban J connectivity index is 0.000000525. The van der Waals surface area contributed by atoms with Gasteiger partial charge in [-0.3, -0.25) is 4.79 Å². The highest BCUT2D eigenvalue weighted by Crippen LogP contribution is 2.27. The molecule has 4 N–H and O–H groups in total. The second kappa shape index (κ2) is 15.6. The van der Waals surface area contributed by atoms with Gasteiger partial charge in [-0.2, -0.15) is 0 Å². The van der Waals surface area contributed by atoms with Crippen LogP contribution in [0.15, 0.2) is 29.8 Å². The number of aromatic nitrogens is 1. The minimum absolute atomic E-state index is 0.0463. The van der Waals surface area contributed by atoms with Crippen LogP contribution in [-0.2, 0) is 16.1 Å². The summed E-state index contributed by atoms with van der Waals surface area (Å²) < 4.78 is 0. The molecule has 32 heavy (non-hydrogen) atoms. The number of carbonyl (C=O) groups is 2. The largest absolute Gasteiger partial charge is 0.391 e. The summed E-state index contributed by atoms with van der Waals surface area (Å²) in [5, 5.41) is 12.4. The van der Waals surface area contributed by atoms with Crippen LogP contribution in [0.4, 0.5) is 0 Å². The van der Waals surface area contributed by atoms with Gasteiger partial charge in [0, 0.05) is 26.1 Å². The average Bonchev–Trinajstić information content (AvgIpc) is 3.39. The number of hydrogen-bond donors (Lipinski definition) is 3. The molecule has 0 bridgehead atoms. The minimum atomic E-state index is -0.302. The van der Waals surface area contributed by atoms with E-state index in [1.807, 2.05) is 26.3 Å². The van der Waals surface area contributed by atoms with Crippen molar-refractivity contribution in [3.63, 3.8) is 0 Å². The van der Waals surface area contributed by atoms with Gasteiger partial charge in [0.25, 0.3) is 0 Å². The van der Waals surface area contributed by atoms with E-state index in [0.717, 1.165) is 25.2 Å². The standard InChI is InChI=1S/C12H14N2S.C10H19NO2.CH5N.CH2O/c1-9-12(15-8-14-9)11-5-3-10(4-6-11)7-13-2;1-10(2,3)6-9(13)11-5-4-8(12)7-11;2*1-2/h3-6,8,13H,7H2,1-2H3;8,12H,4-7H2,1-3H3;2H2,1H3;1H2. The van der Waals surface area contributed by atoms with Gasteiger partial charge in [-0.25, -0.2) is 4.98 Å². The van der Waals surface area contributed by atoms with Crippen LogP contribution in [0.2, 0.25) is 0 Å². The first kappa shape index (κ1) is 29.9. The van der Waals surface area contributed by atoms with Crippen molar-refractivity contribution in [3.05, 3.63) is 41.0 Å². The molecule has 1 aliphatic heterocycles. The number of likely N-dealkylation sites (tertiary alicyclic amines) is 1. The molecule has 1 saturated heterocycles. The second-order valence-electron chi connectivity index (χ2n) is 8.51. The average molecular weight is 465 g/mol. The van der Waals surface area contributed by atoms with E-state index < -0.39 is 0 Å². The number of rotatable bonds is 4. The van der Waals surface area contributed by atoms with Crippen molar-refractivity contribution in [3.8, 4) is 10.4 Å². The Hall–Kier alpha value is -2.13. The number of β-amino-alcohol motifs (C(OH)–C–C–N with tert-alkyl or cyclic N) is 1. The molecule has 1 aromatic carbocycles. The van der Waals surface area contributed by atoms with Gasteiger partial charge in [0.2, 0.25) is 5.91 Å². The zero-order valence-electron chi connectivity index (χ0n) is 20.4. The van der Waals surface area contributed by atoms with Gasteiger partial charge < -0.3 is 25.9 Å². The van der Waals surface area contributed by atoms with Gasteiger partial charge in [-0.15, -0.1) is 11.3 Å². The molecule has 1 aromatic heterocycles. The molecule has 1 atom stereocenters. The molecule has 8 heteroatoms. The topological polar surface area (TPSA) is 109 Å². The predicted octanol–water partition coefficient (Wildman–Crippen LogP) is 3.24. The SMILES string of the molecule is C=O.CC(C)(C)CC(=O)N1CCC(O)C1.CN.CNCc1ccc(-c2scnc2C)cc1. The van der Waals surface area contributed by atoms with Crippen LogP contribution in [-0.4, -0.2) is 61.0 Å². The summed E-state index contributed by atoms with van der Waals surface area (Å²) in [5.74, 6) is 0.170. The van der Waals surface area contributed by atoms with Crippen molar-refractivity contribution in [2.75, 3.05) is 27.2 Å². The van der Waals surface area contributed by atoms with E-state index in [1.165, 1.54) is 23.1 Å². The third-order valence-corrected chi connectivity index (χ3v) is 5.52. The highest BCUT2D eigenvalue weighted by Gasteiger charge is 2.27. The normalized spacial score (nSPS) is 14.9. The van der Waals surface area contributed by atoms with E-state index in [2.05, 4.69) is 61.1 Å².